The predicted molar refractivity (Wildman–Crippen MR) is 112 cm³/mol. The summed E-state index contributed by atoms with van der Waals surface area (Å²) in [7, 11) is 0. The number of tetrazole rings is 1. The number of likely N-dealkylation sites (tertiary alicyclic amines) is 1. The van der Waals surface area contributed by atoms with E-state index in [1.807, 2.05) is 36.4 Å². The van der Waals surface area contributed by atoms with Crippen molar-refractivity contribution in [2.24, 2.45) is 0 Å². The fourth-order valence-corrected chi connectivity index (χ4v) is 3.90. The third-order valence-electron chi connectivity index (χ3n) is 5.44. The normalized spacial score (nSPS) is 14.9. The molecule has 1 aliphatic rings. The second kappa shape index (κ2) is 8.58. The van der Waals surface area contributed by atoms with Gasteiger partial charge in [0.2, 0.25) is 0 Å². The van der Waals surface area contributed by atoms with Gasteiger partial charge in [-0.1, -0.05) is 11.6 Å². The quantitative estimate of drug-likeness (QED) is 0.505. The monoisotopic (exact) mass is 404 g/mol. The Bertz CT molecular complexity index is 1080. The first-order chi connectivity index (χ1) is 14.9. The molecule has 4 heterocycles. The number of hydrogen-bond acceptors (Lipinski definition) is 7. The molecule has 30 heavy (non-hydrogen) atoms. The van der Waals surface area contributed by atoms with Crippen LogP contribution in [-0.2, 0) is 6.54 Å². The van der Waals surface area contributed by atoms with Gasteiger partial charge in [-0.3, -0.25) is 4.90 Å². The number of piperidine rings is 1. The average Bonchev–Trinajstić information content (AvgIpc) is 3.44. The van der Waals surface area contributed by atoms with Gasteiger partial charge in [-0.2, -0.15) is 10.3 Å². The molecule has 0 radical (unpaired) electrons. The summed E-state index contributed by atoms with van der Waals surface area (Å²) in [5.41, 5.74) is 2.68. The number of pyridine rings is 1. The van der Waals surface area contributed by atoms with Gasteiger partial charge >= 0.3 is 0 Å². The highest BCUT2D eigenvalue weighted by Gasteiger charge is 2.15. The summed E-state index contributed by atoms with van der Waals surface area (Å²) in [5.74, 6) is 1.44. The molecule has 5 rings (SSSR count). The molecule has 0 aliphatic carbocycles. The molecule has 1 aromatic carbocycles. The minimum atomic E-state index is 0.404. The average molecular weight is 404 g/mol. The Balaban J connectivity index is 1.31. The standard InChI is InChI=1S/C21H24N8O/c1-2-11-28(12-3-1)13-14-30-17-8-6-16(7-9-17)20-18-5-4-10-22-21(18)29(25-20)15-19-23-26-27-24-19/h4-10H,1-3,11-15H2,(H,23,24,26,27). The Kier molecular flexibility index (Phi) is 5.34. The molecule has 0 atom stereocenters. The van der Waals surface area contributed by atoms with Crippen molar-refractivity contribution in [2.45, 2.75) is 25.8 Å². The van der Waals surface area contributed by atoms with Crippen LogP contribution in [0, 0.1) is 0 Å². The molecule has 1 N–H and O–H groups in total. The molecule has 0 unspecified atom stereocenters. The largest absolute Gasteiger partial charge is 0.492 e. The second-order valence-electron chi connectivity index (χ2n) is 7.48. The van der Waals surface area contributed by atoms with Gasteiger partial charge in [-0.05, 0) is 62.3 Å². The van der Waals surface area contributed by atoms with Crippen molar-refractivity contribution in [1.29, 1.82) is 0 Å². The predicted octanol–water partition coefficient (Wildman–Crippen LogP) is 2.52. The lowest BCUT2D eigenvalue weighted by molar-refractivity contribution is 0.183. The van der Waals surface area contributed by atoms with E-state index in [9.17, 15) is 0 Å². The van der Waals surface area contributed by atoms with Crippen LogP contribution in [0.2, 0.25) is 0 Å². The zero-order valence-corrected chi connectivity index (χ0v) is 16.7. The smallest absolute Gasteiger partial charge is 0.196 e. The van der Waals surface area contributed by atoms with Gasteiger partial charge in [0.15, 0.2) is 11.5 Å². The first-order valence-electron chi connectivity index (χ1n) is 10.4. The number of fused-ring (bicyclic) bond motifs is 1. The van der Waals surface area contributed by atoms with Gasteiger partial charge in [0, 0.05) is 23.7 Å². The summed E-state index contributed by atoms with van der Waals surface area (Å²) >= 11 is 0. The summed E-state index contributed by atoms with van der Waals surface area (Å²) in [6, 6.07) is 12.1. The van der Waals surface area contributed by atoms with Gasteiger partial charge in [-0.25, -0.2) is 9.67 Å². The molecule has 1 fully saturated rings. The topological polar surface area (TPSA) is 97.6 Å². The molecule has 154 valence electrons. The molecule has 9 heteroatoms. The Morgan fingerprint density at radius 1 is 1.03 bits per heavy atom. The molecular formula is C21H24N8O. The zero-order valence-electron chi connectivity index (χ0n) is 16.7. The summed E-state index contributed by atoms with van der Waals surface area (Å²) in [6.45, 7) is 4.48. The lowest BCUT2D eigenvalue weighted by atomic mass is 10.1. The van der Waals surface area contributed by atoms with Crippen molar-refractivity contribution >= 4 is 11.0 Å². The molecular weight excluding hydrogens is 380 g/mol. The van der Waals surface area contributed by atoms with E-state index in [0.717, 1.165) is 34.6 Å². The first kappa shape index (κ1) is 18.7. The SMILES string of the molecule is c1cnc2c(c1)c(-c1ccc(OCCN3CCCCC3)cc1)nn2Cc1nn[nH]n1. The Hall–Kier alpha value is -3.33. The van der Waals surface area contributed by atoms with Crippen LogP contribution < -0.4 is 4.74 Å². The Morgan fingerprint density at radius 2 is 1.90 bits per heavy atom. The zero-order chi connectivity index (χ0) is 20.2. The molecule has 4 aromatic rings. The van der Waals surface area contributed by atoms with Crippen LogP contribution in [-0.4, -0.2) is 66.5 Å². The summed E-state index contributed by atoms with van der Waals surface area (Å²) in [6.07, 6.45) is 5.72. The molecule has 0 amide bonds. The molecule has 0 spiro atoms. The van der Waals surface area contributed by atoms with E-state index in [-0.39, 0.29) is 0 Å². The lowest BCUT2D eigenvalue weighted by Gasteiger charge is -2.26. The molecule has 0 bridgehead atoms. The van der Waals surface area contributed by atoms with E-state index in [0.29, 0.717) is 19.0 Å². The van der Waals surface area contributed by atoms with Crippen LogP contribution in [0.1, 0.15) is 25.1 Å². The third-order valence-corrected chi connectivity index (χ3v) is 5.44. The van der Waals surface area contributed by atoms with Crippen molar-refractivity contribution in [2.75, 3.05) is 26.2 Å². The van der Waals surface area contributed by atoms with E-state index >= 15 is 0 Å². The van der Waals surface area contributed by atoms with E-state index in [2.05, 4.69) is 30.5 Å². The number of H-pyrrole nitrogens is 1. The van der Waals surface area contributed by atoms with E-state index in [4.69, 9.17) is 9.84 Å². The number of rotatable bonds is 7. The van der Waals surface area contributed by atoms with Gasteiger partial charge < -0.3 is 4.74 Å². The summed E-state index contributed by atoms with van der Waals surface area (Å²) in [4.78, 5) is 6.97. The molecule has 3 aromatic heterocycles. The van der Waals surface area contributed by atoms with Crippen molar-refractivity contribution in [3.8, 4) is 17.0 Å². The Morgan fingerprint density at radius 3 is 2.70 bits per heavy atom. The number of nitrogens with one attached hydrogen (secondary N) is 1. The molecule has 9 nitrogen and oxygen atoms in total. The van der Waals surface area contributed by atoms with Gasteiger partial charge in [-0.15, -0.1) is 10.2 Å². The fraction of sp³-hybridized carbons (Fsp3) is 0.381. The minimum Gasteiger partial charge on any atom is -0.492 e. The second-order valence-corrected chi connectivity index (χ2v) is 7.48. The maximum atomic E-state index is 5.96. The third kappa shape index (κ3) is 4.02. The van der Waals surface area contributed by atoms with Crippen LogP contribution in [0.3, 0.4) is 0 Å². The van der Waals surface area contributed by atoms with Crippen LogP contribution in [0.25, 0.3) is 22.3 Å². The van der Waals surface area contributed by atoms with Gasteiger partial charge in [0.1, 0.15) is 24.6 Å². The van der Waals surface area contributed by atoms with Crippen molar-refractivity contribution in [3.05, 3.63) is 48.4 Å². The summed E-state index contributed by atoms with van der Waals surface area (Å²) in [5, 5.41) is 19.9. The number of aromatic amines is 1. The van der Waals surface area contributed by atoms with Crippen LogP contribution in [0.4, 0.5) is 0 Å². The van der Waals surface area contributed by atoms with E-state index in [1.165, 1.54) is 32.4 Å². The maximum Gasteiger partial charge on any atom is 0.196 e. The molecule has 1 aliphatic heterocycles. The van der Waals surface area contributed by atoms with Crippen LogP contribution >= 0.6 is 0 Å². The molecule has 0 saturated carbocycles. The molecule has 1 saturated heterocycles. The maximum absolute atomic E-state index is 5.96. The number of ether oxygens (including phenoxy) is 1. The van der Waals surface area contributed by atoms with E-state index < -0.39 is 0 Å². The number of aromatic nitrogens is 7. The van der Waals surface area contributed by atoms with Crippen LogP contribution in [0.5, 0.6) is 5.75 Å². The fourth-order valence-electron chi connectivity index (χ4n) is 3.90. The highest BCUT2D eigenvalue weighted by atomic mass is 16.5. The van der Waals surface area contributed by atoms with Crippen LogP contribution in [0.15, 0.2) is 42.6 Å². The van der Waals surface area contributed by atoms with Gasteiger partial charge in [0.25, 0.3) is 0 Å². The lowest BCUT2D eigenvalue weighted by Crippen LogP contribution is -2.33. The summed E-state index contributed by atoms with van der Waals surface area (Å²) < 4.78 is 7.76. The van der Waals surface area contributed by atoms with Crippen molar-refractivity contribution in [3.63, 3.8) is 0 Å². The highest BCUT2D eigenvalue weighted by molar-refractivity contribution is 5.91. The van der Waals surface area contributed by atoms with Gasteiger partial charge in [0.05, 0.1) is 0 Å². The number of hydrogen-bond donors (Lipinski definition) is 1. The minimum absolute atomic E-state index is 0.404. The number of nitrogens with zero attached hydrogens (tertiary/aromatic N) is 7. The highest BCUT2D eigenvalue weighted by Crippen LogP contribution is 2.28. The number of benzene rings is 1. The van der Waals surface area contributed by atoms with Crippen molar-refractivity contribution in [1.82, 2.24) is 40.3 Å². The van der Waals surface area contributed by atoms with E-state index in [1.54, 1.807) is 10.9 Å². The van der Waals surface area contributed by atoms with Crippen molar-refractivity contribution < 1.29 is 4.74 Å². The Labute approximate surface area is 174 Å². The first-order valence-corrected chi connectivity index (χ1v) is 10.4.